The molecule has 2 rings (SSSR count). The number of amides is 1. The highest BCUT2D eigenvalue weighted by Crippen LogP contribution is 2.17. The van der Waals surface area contributed by atoms with E-state index in [2.05, 4.69) is 29.2 Å². The third-order valence-corrected chi connectivity index (χ3v) is 3.47. The number of nitrogens with zero attached hydrogens (tertiary/aromatic N) is 3. The van der Waals surface area contributed by atoms with Gasteiger partial charge in [0.1, 0.15) is 6.54 Å². The summed E-state index contributed by atoms with van der Waals surface area (Å²) in [6.07, 6.45) is 2.54. The normalized spacial score (nSPS) is 10.3. The maximum absolute atomic E-state index is 12.0. The van der Waals surface area contributed by atoms with Gasteiger partial charge >= 0.3 is 5.97 Å². The first-order chi connectivity index (χ1) is 11.0. The minimum atomic E-state index is -1.07. The van der Waals surface area contributed by atoms with Crippen LogP contribution >= 0.6 is 0 Å². The summed E-state index contributed by atoms with van der Waals surface area (Å²) in [6, 6.07) is 7.60. The highest BCUT2D eigenvalue weighted by molar-refractivity contribution is 5.91. The Morgan fingerprint density at radius 3 is 2.39 bits per heavy atom. The summed E-state index contributed by atoms with van der Waals surface area (Å²) in [7, 11) is 0. The Morgan fingerprint density at radius 2 is 1.87 bits per heavy atom. The zero-order valence-electron chi connectivity index (χ0n) is 13.2. The largest absolute Gasteiger partial charge is 0.478 e. The highest BCUT2D eigenvalue weighted by atomic mass is 16.4. The van der Waals surface area contributed by atoms with Gasteiger partial charge in [0.2, 0.25) is 5.91 Å². The quantitative estimate of drug-likeness (QED) is 0.816. The zero-order valence-corrected chi connectivity index (χ0v) is 13.2. The van der Waals surface area contributed by atoms with Crippen LogP contribution in [0.25, 0.3) is 0 Å². The van der Waals surface area contributed by atoms with Crippen molar-refractivity contribution in [3.05, 3.63) is 42.2 Å². The number of hydrogen-bond acceptors (Lipinski definition) is 4. The molecule has 7 heteroatoms. The van der Waals surface area contributed by atoms with Crippen molar-refractivity contribution in [1.82, 2.24) is 9.78 Å². The number of benzene rings is 1. The zero-order chi connectivity index (χ0) is 16.8. The minimum absolute atomic E-state index is 0.0366. The van der Waals surface area contributed by atoms with Crippen molar-refractivity contribution in [2.75, 3.05) is 23.3 Å². The molecule has 0 saturated heterocycles. The summed E-state index contributed by atoms with van der Waals surface area (Å²) in [4.78, 5) is 24.9. The molecule has 0 aliphatic carbocycles. The number of carboxylic acid groups (broad SMARTS) is 1. The van der Waals surface area contributed by atoms with Gasteiger partial charge in [-0.15, -0.1) is 0 Å². The molecular formula is C16H20N4O3. The van der Waals surface area contributed by atoms with Crippen LogP contribution in [0, 0.1) is 0 Å². The maximum atomic E-state index is 12.0. The van der Waals surface area contributed by atoms with Crippen LogP contribution in [0.2, 0.25) is 0 Å². The average molecular weight is 316 g/mol. The number of aromatic nitrogens is 2. The molecule has 0 unspecified atom stereocenters. The molecule has 0 fully saturated rings. The predicted octanol–water partition coefficient (Wildman–Crippen LogP) is 2.07. The van der Waals surface area contributed by atoms with Crippen LogP contribution in [0.3, 0.4) is 0 Å². The second kappa shape index (κ2) is 7.44. The first kappa shape index (κ1) is 16.5. The second-order valence-electron chi connectivity index (χ2n) is 5.00. The van der Waals surface area contributed by atoms with Gasteiger partial charge in [-0.3, -0.25) is 9.48 Å². The third kappa shape index (κ3) is 4.32. The molecule has 0 atom stereocenters. The highest BCUT2D eigenvalue weighted by Gasteiger charge is 2.09. The minimum Gasteiger partial charge on any atom is -0.478 e. The van der Waals surface area contributed by atoms with E-state index in [9.17, 15) is 9.59 Å². The maximum Gasteiger partial charge on any atom is 0.338 e. The lowest BCUT2D eigenvalue weighted by Crippen LogP contribution is -2.22. The standard InChI is InChI=1S/C16H20N4O3/c1-3-19(4-2)14-7-5-13(6-8-14)18-15(21)11-20-10-12(9-17-20)16(22)23/h5-10H,3-4,11H2,1-2H3,(H,18,21)(H,22,23). The van der Waals surface area contributed by atoms with Crippen molar-refractivity contribution in [2.45, 2.75) is 20.4 Å². The van der Waals surface area contributed by atoms with Crippen LogP contribution in [0.4, 0.5) is 11.4 Å². The fraction of sp³-hybridized carbons (Fsp3) is 0.312. The number of rotatable bonds is 7. The molecule has 2 N–H and O–H groups in total. The number of hydrogen-bond donors (Lipinski definition) is 2. The van der Waals surface area contributed by atoms with E-state index in [0.717, 1.165) is 18.8 Å². The number of anilines is 2. The van der Waals surface area contributed by atoms with Gasteiger partial charge in [0.15, 0.2) is 0 Å². The van der Waals surface area contributed by atoms with Crippen LogP contribution in [0.5, 0.6) is 0 Å². The molecule has 1 aromatic carbocycles. The SMILES string of the molecule is CCN(CC)c1ccc(NC(=O)Cn2cc(C(=O)O)cn2)cc1. The van der Waals surface area contributed by atoms with E-state index < -0.39 is 5.97 Å². The van der Waals surface area contributed by atoms with Gasteiger partial charge in [-0.25, -0.2) is 4.79 Å². The van der Waals surface area contributed by atoms with Crippen LogP contribution in [-0.4, -0.2) is 39.9 Å². The monoisotopic (exact) mass is 316 g/mol. The molecule has 1 heterocycles. The van der Waals surface area contributed by atoms with E-state index in [1.807, 2.05) is 24.3 Å². The van der Waals surface area contributed by atoms with E-state index in [-0.39, 0.29) is 18.0 Å². The number of carbonyl (C=O) groups is 2. The smallest absolute Gasteiger partial charge is 0.338 e. The summed E-state index contributed by atoms with van der Waals surface area (Å²) in [5, 5.41) is 15.4. The summed E-state index contributed by atoms with van der Waals surface area (Å²) in [5.74, 6) is -1.33. The summed E-state index contributed by atoms with van der Waals surface area (Å²) in [5.41, 5.74) is 1.85. The molecule has 122 valence electrons. The van der Waals surface area contributed by atoms with Crippen LogP contribution in [0.1, 0.15) is 24.2 Å². The number of nitrogens with one attached hydrogen (secondary N) is 1. The average Bonchev–Trinajstić information content (AvgIpc) is 2.99. The molecule has 2 aromatic rings. The van der Waals surface area contributed by atoms with Gasteiger partial charge in [-0.2, -0.15) is 5.10 Å². The summed E-state index contributed by atoms with van der Waals surface area (Å²) >= 11 is 0. The first-order valence-corrected chi connectivity index (χ1v) is 7.44. The number of carboxylic acids is 1. The Morgan fingerprint density at radius 1 is 1.22 bits per heavy atom. The van der Waals surface area contributed by atoms with E-state index in [4.69, 9.17) is 5.11 Å². The Kier molecular flexibility index (Phi) is 5.35. The molecular weight excluding hydrogens is 296 g/mol. The molecule has 0 aliphatic heterocycles. The van der Waals surface area contributed by atoms with Gasteiger partial charge in [-0.1, -0.05) is 0 Å². The second-order valence-corrected chi connectivity index (χ2v) is 5.00. The molecule has 23 heavy (non-hydrogen) atoms. The van der Waals surface area contributed by atoms with Crippen molar-refractivity contribution >= 4 is 23.3 Å². The van der Waals surface area contributed by atoms with Gasteiger partial charge < -0.3 is 15.3 Å². The van der Waals surface area contributed by atoms with E-state index in [1.165, 1.54) is 17.1 Å². The van der Waals surface area contributed by atoms with Crippen molar-refractivity contribution < 1.29 is 14.7 Å². The van der Waals surface area contributed by atoms with E-state index in [1.54, 1.807) is 0 Å². The lowest BCUT2D eigenvalue weighted by molar-refractivity contribution is -0.116. The lowest BCUT2D eigenvalue weighted by atomic mass is 10.2. The summed E-state index contributed by atoms with van der Waals surface area (Å²) in [6.45, 7) is 6.00. The van der Waals surface area contributed by atoms with Gasteiger partial charge in [0.05, 0.1) is 11.8 Å². The van der Waals surface area contributed by atoms with Gasteiger partial charge in [-0.05, 0) is 38.1 Å². The lowest BCUT2D eigenvalue weighted by Gasteiger charge is -2.21. The number of carbonyl (C=O) groups excluding carboxylic acids is 1. The van der Waals surface area contributed by atoms with Gasteiger partial charge in [0, 0.05) is 30.7 Å². The van der Waals surface area contributed by atoms with Gasteiger partial charge in [0.25, 0.3) is 0 Å². The van der Waals surface area contributed by atoms with Crippen molar-refractivity contribution in [3.63, 3.8) is 0 Å². The molecule has 0 spiro atoms. The van der Waals surface area contributed by atoms with E-state index in [0.29, 0.717) is 5.69 Å². The van der Waals surface area contributed by atoms with Crippen molar-refractivity contribution in [3.8, 4) is 0 Å². The topological polar surface area (TPSA) is 87.5 Å². The molecule has 0 saturated carbocycles. The van der Waals surface area contributed by atoms with Crippen molar-refractivity contribution in [2.24, 2.45) is 0 Å². The summed E-state index contributed by atoms with van der Waals surface area (Å²) < 4.78 is 1.29. The fourth-order valence-electron chi connectivity index (χ4n) is 2.25. The molecule has 1 aromatic heterocycles. The molecule has 1 amide bonds. The fourth-order valence-corrected chi connectivity index (χ4v) is 2.25. The molecule has 0 radical (unpaired) electrons. The predicted molar refractivity (Wildman–Crippen MR) is 87.8 cm³/mol. The third-order valence-electron chi connectivity index (χ3n) is 3.47. The van der Waals surface area contributed by atoms with Crippen LogP contribution in [-0.2, 0) is 11.3 Å². The van der Waals surface area contributed by atoms with E-state index >= 15 is 0 Å². The Bertz CT molecular complexity index is 675. The first-order valence-electron chi connectivity index (χ1n) is 7.44. The van der Waals surface area contributed by atoms with Crippen molar-refractivity contribution in [1.29, 1.82) is 0 Å². The Labute approximate surface area is 134 Å². The molecule has 7 nitrogen and oxygen atoms in total. The Balaban J connectivity index is 1.95. The molecule has 0 bridgehead atoms. The number of aromatic carboxylic acids is 1. The Hall–Kier alpha value is -2.83. The van der Waals surface area contributed by atoms with Crippen LogP contribution in [0.15, 0.2) is 36.7 Å². The molecule has 0 aliphatic rings. The van der Waals surface area contributed by atoms with Crippen LogP contribution < -0.4 is 10.2 Å².